The number of ether oxygens (including phenoxy) is 3. The lowest BCUT2D eigenvalue weighted by molar-refractivity contribution is 0.180. The quantitative estimate of drug-likeness (QED) is 0.825. The SMILES string of the molecule is COc1cnc(C(N)C2CCOC2)c(OC)n1. The molecule has 6 nitrogen and oxygen atoms in total. The minimum absolute atomic E-state index is 0.217. The van der Waals surface area contributed by atoms with Crippen LogP contribution >= 0.6 is 0 Å². The fourth-order valence-corrected chi connectivity index (χ4v) is 1.90. The maximum atomic E-state index is 6.16. The highest BCUT2D eigenvalue weighted by Gasteiger charge is 2.28. The van der Waals surface area contributed by atoms with Crippen LogP contribution in [0.1, 0.15) is 18.2 Å². The maximum Gasteiger partial charge on any atom is 0.240 e. The number of hydrogen-bond donors (Lipinski definition) is 1. The topological polar surface area (TPSA) is 79.5 Å². The molecular weight excluding hydrogens is 222 g/mol. The molecule has 17 heavy (non-hydrogen) atoms. The molecule has 0 spiro atoms. The van der Waals surface area contributed by atoms with Crippen molar-refractivity contribution in [3.8, 4) is 11.8 Å². The third kappa shape index (κ3) is 2.48. The highest BCUT2D eigenvalue weighted by Crippen LogP contribution is 2.30. The summed E-state index contributed by atoms with van der Waals surface area (Å²) in [5.41, 5.74) is 6.82. The van der Waals surface area contributed by atoms with Gasteiger partial charge in [-0.25, -0.2) is 4.98 Å². The zero-order chi connectivity index (χ0) is 12.3. The maximum absolute atomic E-state index is 6.16. The zero-order valence-corrected chi connectivity index (χ0v) is 10.0. The van der Waals surface area contributed by atoms with E-state index < -0.39 is 0 Å². The second-order valence-electron chi connectivity index (χ2n) is 3.96. The number of hydrogen-bond acceptors (Lipinski definition) is 6. The molecule has 0 bridgehead atoms. The van der Waals surface area contributed by atoms with Gasteiger partial charge in [0.1, 0.15) is 5.69 Å². The van der Waals surface area contributed by atoms with E-state index >= 15 is 0 Å². The molecule has 1 aromatic heterocycles. The number of rotatable bonds is 4. The molecule has 2 N–H and O–H groups in total. The van der Waals surface area contributed by atoms with Crippen molar-refractivity contribution in [2.45, 2.75) is 12.5 Å². The van der Waals surface area contributed by atoms with E-state index in [1.54, 1.807) is 13.3 Å². The van der Waals surface area contributed by atoms with Gasteiger partial charge in [-0.05, 0) is 6.42 Å². The van der Waals surface area contributed by atoms with E-state index in [0.717, 1.165) is 13.0 Å². The van der Waals surface area contributed by atoms with E-state index in [4.69, 9.17) is 19.9 Å². The van der Waals surface area contributed by atoms with Crippen molar-refractivity contribution in [3.63, 3.8) is 0 Å². The molecular formula is C11H17N3O3. The molecule has 0 radical (unpaired) electrons. The molecule has 2 unspecified atom stereocenters. The second-order valence-corrected chi connectivity index (χ2v) is 3.96. The summed E-state index contributed by atoms with van der Waals surface area (Å²) in [7, 11) is 3.08. The molecule has 0 aromatic carbocycles. The molecule has 0 saturated carbocycles. The Bertz CT molecular complexity index is 380. The zero-order valence-electron chi connectivity index (χ0n) is 10.0. The smallest absolute Gasteiger partial charge is 0.240 e. The second kappa shape index (κ2) is 5.29. The molecule has 1 fully saturated rings. The molecule has 2 heterocycles. The van der Waals surface area contributed by atoms with Gasteiger partial charge in [-0.15, -0.1) is 0 Å². The standard InChI is InChI=1S/C11H17N3O3/c1-15-8-5-13-10(11(14-8)16-2)9(12)7-3-4-17-6-7/h5,7,9H,3-4,6,12H2,1-2H3. The van der Waals surface area contributed by atoms with Gasteiger partial charge in [0.15, 0.2) is 0 Å². The van der Waals surface area contributed by atoms with Crippen LogP contribution < -0.4 is 15.2 Å². The van der Waals surface area contributed by atoms with Crippen molar-refractivity contribution in [3.05, 3.63) is 11.9 Å². The van der Waals surface area contributed by atoms with Gasteiger partial charge in [-0.2, -0.15) is 4.98 Å². The average molecular weight is 239 g/mol. The Kier molecular flexibility index (Phi) is 3.75. The first-order chi connectivity index (χ1) is 8.26. The van der Waals surface area contributed by atoms with Gasteiger partial charge in [0.05, 0.1) is 33.1 Å². The Hall–Kier alpha value is -1.40. The summed E-state index contributed by atoms with van der Waals surface area (Å²) in [6.45, 7) is 1.42. The molecule has 94 valence electrons. The van der Waals surface area contributed by atoms with E-state index in [0.29, 0.717) is 24.1 Å². The predicted octanol–water partition coefficient (Wildman–Crippen LogP) is 0.530. The van der Waals surface area contributed by atoms with E-state index in [1.807, 2.05) is 0 Å². The summed E-state index contributed by atoms with van der Waals surface area (Å²) in [4.78, 5) is 8.45. The lowest BCUT2D eigenvalue weighted by Gasteiger charge is -2.18. The van der Waals surface area contributed by atoms with Crippen molar-refractivity contribution in [1.29, 1.82) is 0 Å². The normalized spacial score (nSPS) is 21.2. The summed E-state index contributed by atoms with van der Waals surface area (Å²) in [6.07, 6.45) is 2.49. The largest absolute Gasteiger partial charge is 0.480 e. The molecule has 2 atom stereocenters. The lowest BCUT2D eigenvalue weighted by atomic mass is 9.97. The third-order valence-corrected chi connectivity index (χ3v) is 2.94. The van der Waals surface area contributed by atoms with Crippen LogP contribution in [-0.2, 0) is 4.74 Å². The monoisotopic (exact) mass is 239 g/mol. The summed E-state index contributed by atoms with van der Waals surface area (Å²) in [6, 6.07) is -0.217. The van der Waals surface area contributed by atoms with Crippen LogP contribution in [0.5, 0.6) is 11.8 Å². The van der Waals surface area contributed by atoms with E-state index in [9.17, 15) is 0 Å². The molecule has 6 heteroatoms. The van der Waals surface area contributed by atoms with Crippen molar-refractivity contribution in [2.24, 2.45) is 11.7 Å². The van der Waals surface area contributed by atoms with Crippen LogP contribution in [-0.4, -0.2) is 37.4 Å². The summed E-state index contributed by atoms with van der Waals surface area (Å²) < 4.78 is 15.5. The first kappa shape index (κ1) is 12.1. The van der Waals surface area contributed by atoms with Gasteiger partial charge in [-0.3, -0.25) is 0 Å². The lowest BCUT2D eigenvalue weighted by Crippen LogP contribution is -2.23. The number of methoxy groups -OCH3 is 2. The summed E-state index contributed by atoms with van der Waals surface area (Å²) >= 11 is 0. The molecule has 0 aliphatic carbocycles. The van der Waals surface area contributed by atoms with Crippen LogP contribution in [0, 0.1) is 5.92 Å². The van der Waals surface area contributed by atoms with Gasteiger partial charge >= 0.3 is 0 Å². The van der Waals surface area contributed by atoms with Gasteiger partial charge in [0.2, 0.25) is 11.8 Å². The fraction of sp³-hybridized carbons (Fsp3) is 0.636. The van der Waals surface area contributed by atoms with Crippen LogP contribution in [0.3, 0.4) is 0 Å². The number of aromatic nitrogens is 2. The molecule has 1 aromatic rings. The molecule has 0 amide bonds. The van der Waals surface area contributed by atoms with E-state index in [-0.39, 0.29) is 12.0 Å². The average Bonchev–Trinajstić information content (AvgIpc) is 2.91. The van der Waals surface area contributed by atoms with Crippen molar-refractivity contribution in [1.82, 2.24) is 9.97 Å². The Labute approximate surface area is 100 Å². The Morgan fingerprint density at radius 3 is 2.88 bits per heavy atom. The minimum atomic E-state index is -0.217. The Morgan fingerprint density at radius 2 is 2.29 bits per heavy atom. The van der Waals surface area contributed by atoms with Crippen LogP contribution in [0.15, 0.2) is 6.20 Å². The third-order valence-electron chi connectivity index (χ3n) is 2.94. The van der Waals surface area contributed by atoms with Gasteiger partial charge < -0.3 is 19.9 Å². The van der Waals surface area contributed by atoms with Gasteiger partial charge in [-0.1, -0.05) is 0 Å². The first-order valence-corrected chi connectivity index (χ1v) is 5.54. The first-order valence-electron chi connectivity index (χ1n) is 5.54. The molecule has 1 saturated heterocycles. The molecule has 1 aliphatic heterocycles. The van der Waals surface area contributed by atoms with Crippen LogP contribution in [0.4, 0.5) is 0 Å². The van der Waals surface area contributed by atoms with Crippen molar-refractivity contribution < 1.29 is 14.2 Å². The van der Waals surface area contributed by atoms with Crippen LogP contribution in [0.2, 0.25) is 0 Å². The minimum Gasteiger partial charge on any atom is -0.480 e. The Morgan fingerprint density at radius 1 is 1.47 bits per heavy atom. The highest BCUT2D eigenvalue weighted by atomic mass is 16.5. The van der Waals surface area contributed by atoms with Gasteiger partial charge in [0, 0.05) is 12.5 Å². The molecule has 2 rings (SSSR count). The van der Waals surface area contributed by atoms with Crippen LogP contribution in [0.25, 0.3) is 0 Å². The Balaban J connectivity index is 2.23. The predicted molar refractivity (Wildman–Crippen MR) is 61.0 cm³/mol. The van der Waals surface area contributed by atoms with Crippen molar-refractivity contribution >= 4 is 0 Å². The van der Waals surface area contributed by atoms with E-state index in [1.165, 1.54) is 7.11 Å². The summed E-state index contributed by atoms with van der Waals surface area (Å²) in [5.74, 6) is 1.11. The number of nitrogens with zero attached hydrogens (tertiary/aromatic N) is 2. The highest BCUT2D eigenvalue weighted by molar-refractivity contribution is 5.26. The van der Waals surface area contributed by atoms with E-state index in [2.05, 4.69) is 9.97 Å². The molecule has 1 aliphatic rings. The fourth-order valence-electron chi connectivity index (χ4n) is 1.90. The number of nitrogens with two attached hydrogens (primary N) is 1. The van der Waals surface area contributed by atoms with Gasteiger partial charge in [0.25, 0.3) is 0 Å². The summed E-state index contributed by atoms with van der Waals surface area (Å²) in [5, 5.41) is 0. The van der Waals surface area contributed by atoms with Crippen molar-refractivity contribution in [2.75, 3.05) is 27.4 Å².